The summed E-state index contributed by atoms with van der Waals surface area (Å²) in [5.41, 5.74) is 0.946. The maximum atomic E-state index is 12.8. The summed E-state index contributed by atoms with van der Waals surface area (Å²) < 4.78 is 1.63. The van der Waals surface area contributed by atoms with E-state index in [-0.39, 0.29) is 17.2 Å². The number of hydrogen-bond acceptors (Lipinski definition) is 6. The van der Waals surface area contributed by atoms with Crippen LogP contribution in [0.25, 0.3) is 10.2 Å². The molecule has 0 unspecified atom stereocenters. The van der Waals surface area contributed by atoms with Gasteiger partial charge >= 0.3 is 0 Å². The van der Waals surface area contributed by atoms with Crippen LogP contribution in [0.3, 0.4) is 0 Å². The van der Waals surface area contributed by atoms with Crippen LogP contribution >= 0.6 is 23.1 Å². The largest absolute Gasteiger partial charge is 0.341 e. The van der Waals surface area contributed by atoms with E-state index in [0.717, 1.165) is 15.3 Å². The average molecular weight is 379 g/mol. The fourth-order valence-corrected chi connectivity index (χ4v) is 4.60. The first-order valence-corrected chi connectivity index (χ1v) is 10.0. The van der Waals surface area contributed by atoms with Crippen molar-refractivity contribution in [2.24, 2.45) is 0 Å². The molecule has 0 spiro atoms. The Hall–Kier alpha value is -1.85. The molecule has 6 nitrogen and oxygen atoms in total. The Kier molecular flexibility index (Phi) is 6.62. The predicted molar refractivity (Wildman–Crippen MR) is 102 cm³/mol. The molecule has 0 aliphatic heterocycles. The van der Waals surface area contributed by atoms with Gasteiger partial charge in [0.05, 0.1) is 23.6 Å². The minimum absolute atomic E-state index is 0.0406. The summed E-state index contributed by atoms with van der Waals surface area (Å²) in [6.45, 7) is 9.24. The van der Waals surface area contributed by atoms with Gasteiger partial charge in [-0.15, -0.1) is 11.3 Å². The van der Waals surface area contributed by atoms with Crippen molar-refractivity contribution in [3.63, 3.8) is 0 Å². The molecule has 0 saturated carbocycles. The molecular formula is C17H22N4O2S2. The molecule has 0 radical (unpaired) electrons. The molecule has 0 bridgehead atoms. The maximum Gasteiger partial charge on any atom is 0.263 e. The van der Waals surface area contributed by atoms with Crippen LogP contribution in [0.1, 0.15) is 30.7 Å². The number of carbonyl (C=O) groups is 1. The molecule has 0 aliphatic rings. The van der Waals surface area contributed by atoms with Crippen molar-refractivity contribution < 1.29 is 4.79 Å². The standard InChI is InChI=1S/C17H22N4O2S2/c1-5-20(9-7-8-18)13(22)10-24-17-19-15-14(11(3)12(4)25-15)16(23)21(17)6-2/h5-7,9-10H2,1-4H3. The summed E-state index contributed by atoms with van der Waals surface area (Å²) in [6.07, 6.45) is 0.321. The van der Waals surface area contributed by atoms with E-state index in [4.69, 9.17) is 5.26 Å². The number of nitrogens with zero attached hydrogens (tertiary/aromatic N) is 4. The SMILES string of the molecule is CCN(CCC#N)C(=O)CSc1nc2sc(C)c(C)c2c(=O)n1CC. The molecule has 134 valence electrons. The Morgan fingerprint density at radius 1 is 1.40 bits per heavy atom. The molecule has 0 fully saturated rings. The van der Waals surface area contributed by atoms with E-state index in [1.54, 1.807) is 9.47 Å². The lowest BCUT2D eigenvalue weighted by atomic mass is 10.2. The second-order valence-corrected chi connectivity index (χ2v) is 7.72. The third-order valence-corrected chi connectivity index (χ3v) is 6.19. The van der Waals surface area contributed by atoms with E-state index in [2.05, 4.69) is 11.1 Å². The van der Waals surface area contributed by atoms with Gasteiger partial charge in [0.15, 0.2) is 5.16 Å². The molecule has 2 aromatic heterocycles. The van der Waals surface area contributed by atoms with E-state index in [0.29, 0.717) is 36.6 Å². The number of aryl methyl sites for hydroxylation is 2. The molecule has 1 amide bonds. The molecule has 0 aliphatic carbocycles. The topological polar surface area (TPSA) is 79.0 Å². The lowest BCUT2D eigenvalue weighted by molar-refractivity contribution is -0.128. The molecule has 0 aromatic carbocycles. The number of rotatable bonds is 7. The van der Waals surface area contributed by atoms with Crippen molar-refractivity contribution in [3.05, 3.63) is 20.8 Å². The highest BCUT2D eigenvalue weighted by Crippen LogP contribution is 2.28. The molecule has 0 saturated heterocycles. The average Bonchev–Trinajstić information content (AvgIpc) is 2.88. The number of hydrogen-bond donors (Lipinski definition) is 0. The van der Waals surface area contributed by atoms with Gasteiger partial charge < -0.3 is 4.90 Å². The zero-order chi connectivity index (χ0) is 18.6. The van der Waals surface area contributed by atoms with Gasteiger partial charge in [-0.3, -0.25) is 14.2 Å². The predicted octanol–water partition coefficient (Wildman–Crippen LogP) is 2.95. The Morgan fingerprint density at radius 2 is 2.12 bits per heavy atom. The van der Waals surface area contributed by atoms with E-state index in [1.165, 1.54) is 23.1 Å². The number of nitriles is 1. The Balaban J connectivity index is 2.28. The minimum Gasteiger partial charge on any atom is -0.341 e. The third kappa shape index (κ3) is 4.05. The Morgan fingerprint density at radius 3 is 2.72 bits per heavy atom. The number of aromatic nitrogens is 2. The number of thiophene rings is 1. The van der Waals surface area contributed by atoms with Gasteiger partial charge in [-0.2, -0.15) is 5.26 Å². The summed E-state index contributed by atoms with van der Waals surface area (Å²) in [6, 6.07) is 2.06. The third-order valence-electron chi connectivity index (χ3n) is 4.12. The summed E-state index contributed by atoms with van der Waals surface area (Å²) in [5, 5.41) is 9.94. The highest BCUT2D eigenvalue weighted by molar-refractivity contribution is 7.99. The van der Waals surface area contributed by atoms with Gasteiger partial charge in [0, 0.05) is 24.5 Å². The summed E-state index contributed by atoms with van der Waals surface area (Å²) in [5.74, 6) is 0.166. The quantitative estimate of drug-likeness (QED) is 0.547. The van der Waals surface area contributed by atoms with Crippen molar-refractivity contribution in [2.75, 3.05) is 18.8 Å². The van der Waals surface area contributed by atoms with Crippen molar-refractivity contribution >= 4 is 39.2 Å². The van der Waals surface area contributed by atoms with Gasteiger partial charge in [0.25, 0.3) is 5.56 Å². The van der Waals surface area contributed by atoms with Crippen molar-refractivity contribution in [1.29, 1.82) is 5.26 Å². The molecule has 2 aromatic rings. The first kappa shape index (κ1) is 19.5. The lowest BCUT2D eigenvalue weighted by Crippen LogP contribution is -2.33. The summed E-state index contributed by atoms with van der Waals surface area (Å²) in [4.78, 5) is 33.2. The monoisotopic (exact) mass is 378 g/mol. The molecule has 2 rings (SSSR count). The number of thioether (sulfide) groups is 1. The van der Waals surface area contributed by atoms with Crippen LogP contribution in [0.4, 0.5) is 0 Å². The van der Waals surface area contributed by atoms with Crippen molar-refractivity contribution in [2.45, 2.75) is 45.8 Å². The number of amides is 1. The van der Waals surface area contributed by atoms with Gasteiger partial charge in [0.2, 0.25) is 5.91 Å². The Labute approximate surface area is 155 Å². The van der Waals surface area contributed by atoms with Crippen LogP contribution in [0.2, 0.25) is 0 Å². The van der Waals surface area contributed by atoms with Crippen LogP contribution in [0, 0.1) is 25.2 Å². The summed E-state index contributed by atoms with van der Waals surface area (Å²) in [7, 11) is 0. The highest BCUT2D eigenvalue weighted by atomic mass is 32.2. The Bertz CT molecular complexity index is 879. The molecule has 8 heteroatoms. The molecule has 0 N–H and O–H groups in total. The van der Waals surface area contributed by atoms with Crippen LogP contribution in [0.15, 0.2) is 9.95 Å². The number of fused-ring (bicyclic) bond motifs is 1. The maximum absolute atomic E-state index is 12.8. The van der Waals surface area contributed by atoms with E-state index in [9.17, 15) is 9.59 Å². The fraction of sp³-hybridized carbons (Fsp3) is 0.529. The van der Waals surface area contributed by atoms with E-state index < -0.39 is 0 Å². The fourth-order valence-electron chi connectivity index (χ4n) is 2.56. The second-order valence-electron chi connectivity index (χ2n) is 5.58. The van der Waals surface area contributed by atoms with Crippen LogP contribution in [-0.2, 0) is 11.3 Å². The molecular weight excluding hydrogens is 356 g/mol. The second kappa shape index (κ2) is 8.50. The molecule has 2 heterocycles. The van der Waals surface area contributed by atoms with Crippen molar-refractivity contribution in [3.8, 4) is 6.07 Å². The molecule has 0 atom stereocenters. The van der Waals surface area contributed by atoms with Gasteiger partial charge in [-0.25, -0.2) is 4.98 Å². The minimum atomic E-state index is -0.0433. The van der Waals surface area contributed by atoms with Gasteiger partial charge in [-0.05, 0) is 33.3 Å². The normalized spacial score (nSPS) is 10.8. The smallest absolute Gasteiger partial charge is 0.263 e. The first-order chi connectivity index (χ1) is 11.9. The van der Waals surface area contributed by atoms with Crippen LogP contribution in [0.5, 0.6) is 0 Å². The van der Waals surface area contributed by atoms with Crippen LogP contribution < -0.4 is 5.56 Å². The first-order valence-electron chi connectivity index (χ1n) is 8.22. The zero-order valence-corrected chi connectivity index (χ0v) is 16.6. The summed E-state index contributed by atoms with van der Waals surface area (Å²) >= 11 is 2.80. The zero-order valence-electron chi connectivity index (χ0n) is 15.0. The van der Waals surface area contributed by atoms with E-state index >= 15 is 0 Å². The van der Waals surface area contributed by atoms with E-state index in [1.807, 2.05) is 27.7 Å². The van der Waals surface area contributed by atoms with Crippen LogP contribution in [-0.4, -0.2) is 39.2 Å². The van der Waals surface area contributed by atoms with Gasteiger partial charge in [0.1, 0.15) is 4.83 Å². The molecule has 25 heavy (non-hydrogen) atoms. The van der Waals surface area contributed by atoms with Crippen molar-refractivity contribution in [1.82, 2.24) is 14.5 Å². The highest BCUT2D eigenvalue weighted by Gasteiger charge is 2.18. The number of carbonyl (C=O) groups excluding carboxylic acids is 1. The van der Waals surface area contributed by atoms with Gasteiger partial charge in [-0.1, -0.05) is 11.8 Å². The lowest BCUT2D eigenvalue weighted by Gasteiger charge is -2.19.